The maximum absolute atomic E-state index is 15.1. The molecule has 1 aliphatic rings. The maximum atomic E-state index is 15.1. The summed E-state index contributed by atoms with van der Waals surface area (Å²) in [6.45, 7) is -0.976. The van der Waals surface area contributed by atoms with Gasteiger partial charge in [-0.15, -0.1) is 0 Å². The molecule has 0 saturated heterocycles. The van der Waals surface area contributed by atoms with Gasteiger partial charge in [0.25, 0.3) is 0 Å². The molecular formula is C27H24F3N4NaO3. The van der Waals surface area contributed by atoms with Crippen molar-refractivity contribution in [3.63, 3.8) is 0 Å². The third-order valence-electron chi connectivity index (χ3n) is 6.95. The van der Waals surface area contributed by atoms with Gasteiger partial charge in [-0.05, 0) is 50.7 Å². The third kappa shape index (κ3) is 5.87. The first kappa shape index (κ1) is 28.1. The van der Waals surface area contributed by atoms with Crippen molar-refractivity contribution in [2.75, 3.05) is 0 Å². The first-order valence-corrected chi connectivity index (χ1v) is 12.0. The molecule has 0 amide bonds. The van der Waals surface area contributed by atoms with Crippen molar-refractivity contribution in [1.29, 1.82) is 0 Å². The molecular weight excluding hydrogens is 508 g/mol. The minimum atomic E-state index is -2.95. The zero-order valence-corrected chi connectivity index (χ0v) is 23.0. The van der Waals surface area contributed by atoms with Gasteiger partial charge in [0.1, 0.15) is 23.2 Å². The summed E-state index contributed by atoms with van der Waals surface area (Å²) < 4.78 is 47.3. The molecule has 192 valence electrons. The number of imidazole rings is 1. The van der Waals surface area contributed by atoms with Crippen LogP contribution < -0.4 is 39.4 Å². The number of carbonyl (C=O) groups excluding carboxylic acids is 1. The number of rotatable bonds is 7. The summed E-state index contributed by atoms with van der Waals surface area (Å²) in [6.07, 6.45) is 5.50. The first-order chi connectivity index (χ1) is 17.8. The molecule has 2 aromatic carbocycles. The fourth-order valence-electron chi connectivity index (χ4n) is 4.98. The Kier molecular flexibility index (Phi) is 8.74. The van der Waals surface area contributed by atoms with Gasteiger partial charge in [-0.3, -0.25) is 0 Å². The Bertz CT molecular complexity index is 1440. The van der Waals surface area contributed by atoms with E-state index in [1.807, 2.05) is 4.57 Å². The van der Waals surface area contributed by atoms with Crippen LogP contribution in [0.15, 0.2) is 48.8 Å². The Hall–Kier alpha value is -2.95. The van der Waals surface area contributed by atoms with Crippen molar-refractivity contribution >= 4 is 17.0 Å². The van der Waals surface area contributed by atoms with E-state index in [0.717, 1.165) is 0 Å². The van der Waals surface area contributed by atoms with Gasteiger partial charge in [0, 0.05) is 47.0 Å². The van der Waals surface area contributed by atoms with Crippen LogP contribution in [0.3, 0.4) is 0 Å². The van der Waals surface area contributed by atoms with Crippen LogP contribution in [0.5, 0.6) is 5.75 Å². The van der Waals surface area contributed by atoms with Crippen molar-refractivity contribution in [2.45, 2.75) is 51.7 Å². The Balaban J connectivity index is 0.00000336. The molecule has 2 aromatic heterocycles. The van der Waals surface area contributed by atoms with Crippen LogP contribution in [0.1, 0.15) is 48.8 Å². The minimum Gasteiger partial charge on any atom is -0.550 e. The molecule has 0 atom stereocenters. The second-order valence-corrected chi connectivity index (χ2v) is 9.25. The number of hydrogen-bond acceptors (Lipinski definition) is 6. The summed E-state index contributed by atoms with van der Waals surface area (Å²) in [4.78, 5) is 24.4. The van der Waals surface area contributed by atoms with Crippen LogP contribution in [0, 0.1) is 18.7 Å². The van der Waals surface area contributed by atoms with Crippen molar-refractivity contribution in [2.24, 2.45) is 5.92 Å². The number of hydrogen-bond donors (Lipinski definition) is 0. The number of halogens is 3. The average Bonchev–Trinajstić information content (AvgIpc) is 3.18. The third-order valence-corrected chi connectivity index (χ3v) is 6.95. The Labute approximate surface area is 239 Å². The summed E-state index contributed by atoms with van der Waals surface area (Å²) in [5.41, 5.74) is 2.38. The van der Waals surface area contributed by atoms with Gasteiger partial charge in [0.15, 0.2) is 0 Å². The van der Waals surface area contributed by atoms with Crippen LogP contribution in [0.25, 0.3) is 22.2 Å². The summed E-state index contributed by atoms with van der Waals surface area (Å²) in [6, 6.07) is 9.52. The molecule has 0 radical (unpaired) electrons. The predicted molar refractivity (Wildman–Crippen MR) is 127 cm³/mol. The first-order valence-electron chi connectivity index (χ1n) is 12.0. The van der Waals surface area contributed by atoms with Gasteiger partial charge in [-0.2, -0.15) is 8.78 Å². The quantitative estimate of drug-likeness (QED) is 0.336. The van der Waals surface area contributed by atoms with Crippen molar-refractivity contribution in [1.82, 2.24) is 19.5 Å². The molecule has 0 bridgehead atoms. The second kappa shape index (κ2) is 11.8. The van der Waals surface area contributed by atoms with Crippen LogP contribution in [-0.2, 0) is 11.3 Å². The number of benzene rings is 2. The fourth-order valence-corrected chi connectivity index (χ4v) is 4.98. The normalized spacial score (nSPS) is 17.4. The van der Waals surface area contributed by atoms with Crippen LogP contribution in [-0.4, -0.2) is 32.1 Å². The number of nitrogens with zero attached hydrogens (tertiary/aromatic N) is 4. The molecule has 0 N–H and O–H groups in total. The van der Waals surface area contributed by atoms with E-state index >= 15 is 4.39 Å². The molecule has 1 saturated carbocycles. The largest absolute Gasteiger partial charge is 1.00 e. The number of carboxylic acids is 1. The van der Waals surface area contributed by atoms with E-state index < -0.39 is 24.3 Å². The number of fused-ring (bicyclic) bond motifs is 1. The van der Waals surface area contributed by atoms with Crippen molar-refractivity contribution in [3.8, 4) is 16.9 Å². The van der Waals surface area contributed by atoms with Crippen molar-refractivity contribution in [3.05, 3.63) is 71.8 Å². The van der Waals surface area contributed by atoms with Gasteiger partial charge in [-0.1, -0.05) is 18.2 Å². The van der Waals surface area contributed by atoms with Gasteiger partial charge >= 0.3 is 36.2 Å². The molecule has 0 aliphatic heterocycles. The van der Waals surface area contributed by atoms with Gasteiger partial charge in [0.2, 0.25) is 0 Å². The molecule has 0 unspecified atom stereocenters. The number of alkyl halides is 2. The summed E-state index contributed by atoms with van der Waals surface area (Å²) in [5, 5.41) is 11.1. The molecule has 11 heteroatoms. The van der Waals surface area contributed by atoms with Crippen LogP contribution in [0.4, 0.5) is 13.2 Å². The van der Waals surface area contributed by atoms with E-state index in [0.29, 0.717) is 59.5 Å². The molecule has 4 aromatic rings. The standard InChI is InChI=1S/C27H25F3N4O3.Na/c1-15-33-22-11-21(28)20(10-23(22)34(15)14-18-4-2-3-5-24(18)37-27(29)30)19-12-31-25(32-13-19)16-6-8-17(9-7-16)26(35)36;/h2-5,10-13,16-17,27H,6-9,14H2,1H3,(H,35,36);/q;+1/p-1. The number of carbonyl (C=O) groups is 1. The van der Waals surface area contributed by atoms with Gasteiger partial charge in [0.05, 0.1) is 17.6 Å². The zero-order chi connectivity index (χ0) is 26.1. The molecule has 7 nitrogen and oxygen atoms in total. The van der Waals surface area contributed by atoms with Crippen LogP contribution in [0.2, 0.25) is 0 Å². The smallest absolute Gasteiger partial charge is 0.550 e. The molecule has 2 heterocycles. The molecule has 1 aliphatic carbocycles. The van der Waals surface area contributed by atoms with Gasteiger partial charge < -0.3 is 19.2 Å². The topological polar surface area (TPSA) is 93.0 Å². The SMILES string of the molecule is Cc1nc2cc(F)c(-c3cnc(C4CCC(C(=O)[O-])CC4)nc3)cc2n1Cc1ccccc1OC(F)F.[Na+]. The van der Waals surface area contributed by atoms with E-state index in [2.05, 4.69) is 19.7 Å². The number of para-hydroxylation sites is 1. The fraction of sp³-hybridized carbons (Fsp3) is 0.333. The Morgan fingerprint density at radius 1 is 1.13 bits per heavy atom. The van der Waals surface area contributed by atoms with E-state index in [1.54, 1.807) is 43.6 Å². The predicted octanol–water partition coefficient (Wildman–Crippen LogP) is 1.62. The molecule has 0 spiro atoms. The van der Waals surface area contributed by atoms with E-state index in [9.17, 15) is 18.7 Å². The second-order valence-electron chi connectivity index (χ2n) is 9.25. The molecule has 5 rings (SSSR count). The summed E-state index contributed by atoms with van der Waals surface area (Å²) in [5.74, 6) is -0.603. The zero-order valence-electron chi connectivity index (χ0n) is 21.0. The van der Waals surface area contributed by atoms with Gasteiger partial charge in [-0.25, -0.2) is 19.3 Å². The summed E-state index contributed by atoms with van der Waals surface area (Å²) in [7, 11) is 0. The molecule has 1 fully saturated rings. The van der Waals surface area contributed by atoms with Crippen LogP contribution >= 0.6 is 0 Å². The van der Waals surface area contributed by atoms with Crippen molar-refractivity contribution < 1.29 is 57.4 Å². The van der Waals surface area contributed by atoms with E-state index in [-0.39, 0.29) is 53.3 Å². The Morgan fingerprint density at radius 3 is 2.47 bits per heavy atom. The number of ether oxygens (including phenoxy) is 1. The minimum absolute atomic E-state index is 0. The van der Waals surface area contributed by atoms with E-state index in [4.69, 9.17) is 0 Å². The number of aromatic nitrogens is 4. The average molecular weight is 532 g/mol. The molecule has 38 heavy (non-hydrogen) atoms. The Morgan fingerprint density at radius 2 is 1.82 bits per heavy atom. The number of carboxylic acid groups (broad SMARTS) is 1. The summed E-state index contributed by atoms with van der Waals surface area (Å²) >= 11 is 0. The monoisotopic (exact) mass is 532 g/mol. The number of aryl methyl sites for hydroxylation is 1. The van der Waals surface area contributed by atoms with E-state index in [1.165, 1.54) is 12.1 Å². The number of aliphatic carboxylic acids is 1. The maximum Gasteiger partial charge on any atom is 1.00 e.